The van der Waals surface area contributed by atoms with Crippen LogP contribution in [-0.2, 0) is 0 Å². The fourth-order valence-corrected chi connectivity index (χ4v) is 3.17. The van der Waals surface area contributed by atoms with Gasteiger partial charge >= 0.3 is 10.6 Å². The van der Waals surface area contributed by atoms with Crippen LogP contribution in [0.1, 0.15) is 0 Å². The Hall–Kier alpha value is -1.63. The molecular formula is C7H6N2O4S. The van der Waals surface area contributed by atoms with E-state index in [9.17, 15) is 9.59 Å². The molecule has 6 nitrogen and oxygen atoms in total. The molecule has 0 radical (unpaired) electrons. The molecule has 2 rings (SSSR count). The number of carbonyl (C=O) groups is 2. The Kier molecular flexibility index (Phi) is 1.71. The highest BCUT2D eigenvalue weighted by atomic mass is 32.3. The van der Waals surface area contributed by atoms with E-state index >= 15 is 0 Å². The van der Waals surface area contributed by atoms with E-state index in [0.717, 1.165) is 0 Å². The molecule has 0 amide bonds. The summed E-state index contributed by atoms with van der Waals surface area (Å²) in [6.45, 7) is 0. The molecule has 2 aliphatic rings. The summed E-state index contributed by atoms with van der Waals surface area (Å²) >= 11 is 0. The van der Waals surface area contributed by atoms with Crippen LogP contribution in [0.4, 0.5) is 9.59 Å². The third kappa shape index (κ3) is 0.869. The maximum Gasteiger partial charge on any atom is 0.364 e. The highest BCUT2D eigenvalue weighted by Gasteiger charge is 2.51. The maximum absolute atomic E-state index is 11.0. The van der Waals surface area contributed by atoms with Gasteiger partial charge in [-0.15, -0.1) is 0 Å². The quantitative estimate of drug-likeness (QED) is 0.637. The van der Waals surface area contributed by atoms with Gasteiger partial charge in [0, 0.05) is 16.2 Å². The van der Waals surface area contributed by atoms with Gasteiger partial charge in [-0.1, -0.05) is 0 Å². The van der Waals surface area contributed by atoms with Crippen LogP contribution in [0.15, 0.2) is 22.3 Å². The first kappa shape index (κ1) is 8.95. The average molecular weight is 214 g/mol. The van der Waals surface area contributed by atoms with Crippen molar-refractivity contribution in [2.45, 2.75) is 0 Å². The minimum atomic E-state index is -2.95. The van der Waals surface area contributed by atoms with Gasteiger partial charge in [0.2, 0.25) is 0 Å². The average Bonchev–Trinajstić information content (AvgIpc) is 2.60. The van der Waals surface area contributed by atoms with Gasteiger partial charge in [0.1, 0.15) is 5.04 Å². The number of carboxylic acid groups (broad SMARTS) is 2. The Bertz CT molecular complexity index is 409. The number of nitrogens with zero attached hydrogens (tertiary/aromatic N) is 2. The van der Waals surface area contributed by atoms with Crippen molar-refractivity contribution >= 4 is 31.4 Å². The monoisotopic (exact) mass is 214 g/mol. The molecule has 0 unspecified atom stereocenters. The molecule has 0 aliphatic carbocycles. The topological polar surface area (TPSA) is 99.3 Å². The molecule has 0 aromatic heterocycles. The molecule has 74 valence electrons. The Morgan fingerprint density at radius 1 is 1.36 bits per heavy atom. The number of hydrogen-bond donors (Lipinski definition) is 2. The fourth-order valence-electron chi connectivity index (χ4n) is 1.28. The van der Waals surface area contributed by atoms with E-state index in [0.29, 0.717) is 5.71 Å². The van der Waals surface area contributed by atoms with E-state index in [1.54, 1.807) is 0 Å². The maximum atomic E-state index is 11.0. The highest BCUT2D eigenvalue weighted by molar-refractivity contribution is 8.66. The van der Waals surface area contributed by atoms with Crippen LogP contribution in [0, 0.1) is 0 Å². The van der Waals surface area contributed by atoms with Crippen LogP contribution in [0.25, 0.3) is 0 Å². The summed E-state index contributed by atoms with van der Waals surface area (Å²) in [5.74, 6) is -0.198. The summed E-state index contributed by atoms with van der Waals surface area (Å²) in [6, 6.07) is 0. The van der Waals surface area contributed by atoms with Crippen molar-refractivity contribution in [3.8, 4) is 0 Å². The minimum absolute atomic E-state index is 0.109. The van der Waals surface area contributed by atoms with Gasteiger partial charge in [0.15, 0.2) is 0 Å². The summed E-state index contributed by atoms with van der Waals surface area (Å²) in [6.07, 6.45) is 2.90. The molecule has 7 heteroatoms. The van der Waals surface area contributed by atoms with Crippen LogP contribution in [0.3, 0.4) is 0 Å². The van der Waals surface area contributed by atoms with Crippen molar-refractivity contribution in [2.24, 2.45) is 9.98 Å². The number of hydrogen-bond acceptors (Lipinski definition) is 4. The Morgan fingerprint density at radius 2 is 2.00 bits per heavy atom. The summed E-state index contributed by atoms with van der Waals surface area (Å²) in [5.41, 5.74) is 0.393. The molecule has 0 bridgehead atoms. The predicted molar refractivity (Wildman–Crippen MR) is 52.5 cm³/mol. The standard InChI is InChI=1S/C7H6N2O4S/c10-6(11)14(7(12)13)3-9-4-1-2-8-5(4)14/h1-2H,3H2,(H,10,11)(H,12,13). The molecule has 0 atom stereocenters. The normalized spacial score (nSPS) is 23.7. The van der Waals surface area contributed by atoms with Gasteiger partial charge in [-0.2, -0.15) is 0 Å². The van der Waals surface area contributed by atoms with E-state index in [1.807, 2.05) is 0 Å². The first-order valence-corrected chi connectivity index (χ1v) is 5.45. The van der Waals surface area contributed by atoms with Crippen molar-refractivity contribution in [3.05, 3.63) is 12.3 Å². The highest BCUT2D eigenvalue weighted by Crippen LogP contribution is 2.55. The van der Waals surface area contributed by atoms with Crippen molar-refractivity contribution in [2.75, 3.05) is 5.88 Å². The molecule has 0 aromatic rings. The number of fused-ring (bicyclic) bond motifs is 1. The number of rotatable bonds is 0. The molecule has 0 spiro atoms. The van der Waals surface area contributed by atoms with Crippen LogP contribution in [0.2, 0.25) is 0 Å². The molecule has 0 saturated carbocycles. The van der Waals surface area contributed by atoms with Crippen LogP contribution in [0.5, 0.6) is 0 Å². The largest absolute Gasteiger partial charge is 0.473 e. The Morgan fingerprint density at radius 3 is 2.57 bits per heavy atom. The summed E-state index contributed by atoms with van der Waals surface area (Å²) < 4.78 is 0. The molecule has 0 saturated heterocycles. The molecule has 2 heterocycles. The van der Waals surface area contributed by atoms with Crippen molar-refractivity contribution in [1.82, 2.24) is 0 Å². The smallest absolute Gasteiger partial charge is 0.364 e. The SMILES string of the molecule is O=C(O)S1(C(=O)O)CN=C2C=CN=C21. The van der Waals surface area contributed by atoms with Crippen LogP contribution < -0.4 is 0 Å². The fraction of sp³-hybridized carbons (Fsp3) is 0.143. The molecule has 14 heavy (non-hydrogen) atoms. The Labute approximate surface area is 80.0 Å². The lowest BCUT2D eigenvalue weighted by Gasteiger charge is -2.22. The second-order valence-electron chi connectivity index (χ2n) is 2.69. The van der Waals surface area contributed by atoms with Gasteiger partial charge in [-0.25, -0.2) is 14.6 Å². The van der Waals surface area contributed by atoms with Gasteiger partial charge in [-0.05, 0) is 6.08 Å². The summed E-state index contributed by atoms with van der Waals surface area (Å²) in [5, 5.41) is 15.3. The van der Waals surface area contributed by atoms with E-state index in [2.05, 4.69) is 9.98 Å². The number of allylic oxidation sites excluding steroid dienone is 1. The third-order valence-electron chi connectivity index (χ3n) is 2.00. The zero-order valence-corrected chi connectivity index (χ0v) is 7.69. The second-order valence-corrected chi connectivity index (χ2v) is 5.52. The molecular weight excluding hydrogens is 208 g/mol. The van der Waals surface area contributed by atoms with Gasteiger partial charge in [0.05, 0.1) is 11.6 Å². The second kappa shape index (κ2) is 2.68. The predicted octanol–water partition coefficient (Wildman–Crippen LogP) is 1.48. The van der Waals surface area contributed by atoms with E-state index < -0.39 is 20.6 Å². The lowest BCUT2D eigenvalue weighted by Crippen LogP contribution is -2.26. The van der Waals surface area contributed by atoms with Crippen molar-refractivity contribution in [1.29, 1.82) is 0 Å². The van der Waals surface area contributed by atoms with Gasteiger partial charge < -0.3 is 10.2 Å². The Balaban J connectivity index is 2.53. The first-order chi connectivity index (χ1) is 6.59. The van der Waals surface area contributed by atoms with E-state index in [-0.39, 0.29) is 10.9 Å². The van der Waals surface area contributed by atoms with E-state index in [1.165, 1.54) is 12.3 Å². The zero-order chi connectivity index (χ0) is 10.3. The van der Waals surface area contributed by atoms with E-state index in [4.69, 9.17) is 10.2 Å². The lowest BCUT2D eigenvalue weighted by molar-refractivity contribution is 0.216. The molecule has 2 aliphatic heterocycles. The molecule has 0 aromatic carbocycles. The molecule has 0 fully saturated rings. The first-order valence-electron chi connectivity index (χ1n) is 3.65. The van der Waals surface area contributed by atoms with Crippen molar-refractivity contribution < 1.29 is 19.8 Å². The summed E-state index contributed by atoms with van der Waals surface area (Å²) in [7, 11) is -2.95. The lowest BCUT2D eigenvalue weighted by atomic mass is 10.4. The van der Waals surface area contributed by atoms with Gasteiger partial charge in [-0.3, -0.25) is 4.99 Å². The summed E-state index contributed by atoms with van der Waals surface area (Å²) in [4.78, 5) is 29.6. The third-order valence-corrected chi connectivity index (χ3v) is 4.68. The zero-order valence-electron chi connectivity index (χ0n) is 6.88. The van der Waals surface area contributed by atoms with Crippen LogP contribution in [-0.4, -0.2) is 37.4 Å². The van der Waals surface area contributed by atoms with Gasteiger partial charge in [0.25, 0.3) is 0 Å². The van der Waals surface area contributed by atoms with Crippen LogP contribution >= 0.6 is 10.0 Å². The van der Waals surface area contributed by atoms with Crippen molar-refractivity contribution in [3.63, 3.8) is 0 Å². The number of aliphatic imine (C=N–C) groups is 2. The molecule has 2 N–H and O–H groups in total. The minimum Gasteiger partial charge on any atom is -0.473 e.